The monoisotopic (exact) mass is 536 g/mol. The number of carbonyl (C=O) groups excluding carboxylic acids is 1. The maximum atomic E-state index is 13.7. The first-order valence-electron chi connectivity index (χ1n) is 9.80. The lowest BCUT2D eigenvalue weighted by atomic mass is 10.2. The third-order valence-corrected chi connectivity index (χ3v) is 9.01. The molecular formula is C21H23Cl3N2O4S2. The number of carbonyl (C=O) groups is 1. The van der Waals surface area contributed by atoms with Crippen LogP contribution in [0.5, 0.6) is 0 Å². The molecule has 1 heterocycles. The van der Waals surface area contributed by atoms with Crippen molar-refractivity contribution in [2.24, 2.45) is 0 Å². The van der Waals surface area contributed by atoms with Gasteiger partial charge in [0.15, 0.2) is 0 Å². The molecule has 2 unspecified atom stereocenters. The molecule has 3 rings (SSSR count). The molecule has 6 nitrogen and oxygen atoms in total. The van der Waals surface area contributed by atoms with E-state index in [2.05, 4.69) is 0 Å². The number of nitrogens with zero attached hydrogens (tertiary/aromatic N) is 2. The SMILES string of the molecule is COC(=O)C1CSCN1CCC(C)N(c1cc(Cl)ccc1Cl)S(=O)(=O)c1ccc(Cl)cc1. The Bertz CT molecular complexity index is 1070. The van der Waals surface area contributed by atoms with Gasteiger partial charge < -0.3 is 4.74 Å². The van der Waals surface area contributed by atoms with Gasteiger partial charge in [-0.2, -0.15) is 0 Å². The molecule has 0 aromatic heterocycles. The summed E-state index contributed by atoms with van der Waals surface area (Å²) < 4.78 is 33.5. The van der Waals surface area contributed by atoms with E-state index >= 15 is 0 Å². The number of methoxy groups -OCH3 is 1. The maximum absolute atomic E-state index is 13.7. The highest BCUT2D eigenvalue weighted by Crippen LogP contribution is 2.35. The van der Waals surface area contributed by atoms with Crippen LogP contribution >= 0.6 is 46.6 Å². The number of rotatable bonds is 8. The molecule has 2 aromatic carbocycles. The van der Waals surface area contributed by atoms with Crippen molar-refractivity contribution >= 4 is 68.2 Å². The van der Waals surface area contributed by atoms with E-state index in [9.17, 15) is 13.2 Å². The van der Waals surface area contributed by atoms with Gasteiger partial charge in [-0.05, 0) is 55.8 Å². The molecule has 0 radical (unpaired) electrons. The first kappa shape index (κ1) is 25.5. The van der Waals surface area contributed by atoms with E-state index in [1.54, 1.807) is 30.8 Å². The summed E-state index contributed by atoms with van der Waals surface area (Å²) in [6.45, 7) is 2.32. The van der Waals surface area contributed by atoms with E-state index in [1.165, 1.54) is 41.7 Å². The summed E-state index contributed by atoms with van der Waals surface area (Å²) in [4.78, 5) is 14.1. The van der Waals surface area contributed by atoms with Crippen molar-refractivity contribution in [3.63, 3.8) is 0 Å². The third kappa shape index (κ3) is 5.66. The van der Waals surface area contributed by atoms with Crippen molar-refractivity contribution < 1.29 is 17.9 Å². The van der Waals surface area contributed by atoms with Crippen molar-refractivity contribution in [3.05, 3.63) is 57.5 Å². The predicted octanol–water partition coefficient (Wildman–Crippen LogP) is 5.17. The first-order chi connectivity index (χ1) is 15.1. The van der Waals surface area contributed by atoms with E-state index in [0.717, 1.165) is 0 Å². The van der Waals surface area contributed by atoms with Crippen molar-refractivity contribution in [2.45, 2.75) is 30.3 Å². The number of halogens is 3. The fourth-order valence-electron chi connectivity index (χ4n) is 3.50. The van der Waals surface area contributed by atoms with Crippen LogP contribution in [0.3, 0.4) is 0 Å². The Kier molecular flexibility index (Phi) is 8.63. The molecule has 0 spiro atoms. The van der Waals surface area contributed by atoms with Gasteiger partial charge in [0, 0.05) is 34.3 Å². The maximum Gasteiger partial charge on any atom is 0.323 e. The largest absolute Gasteiger partial charge is 0.468 e. The van der Waals surface area contributed by atoms with E-state index in [4.69, 9.17) is 39.5 Å². The molecule has 0 N–H and O–H groups in total. The molecule has 1 aliphatic heterocycles. The van der Waals surface area contributed by atoms with Crippen LogP contribution in [-0.4, -0.2) is 56.7 Å². The highest BCUT2D eigenvalue weighted by Gasteiger charge is 2.35. The summed E-state index contributed by atoms with van der Waals surface area (Å²) in [5.74, 6) is 1.04. The second-order valence-electron chi connectivity index (χ2n) is 7.34. The summed E-state index contributed by atoms with van der Waals surface area (Å²) >= 11 is 20.2. The second kappa shape index (κ2) is 10.8. The molecular weight excluding hydrogens is 515 g/mol. The molecule has 11 heteroatoms. The minimum atomic E-state index is -3.97. The van der Waals surface area contributed by atoms with Crippen LogP contribution in [0.1, 0.15) is 13.3 Å². The van der Waals surface area contributed by atoms with Crippen LogP contribution in [0.15, 0.2) is 47.4 Å². The van der Waals surface area contributed by atoms with Crippen LogP contribution in [0.4, 0.5) is 5.69 Å². The summed E-state index contributed by atoms with van der Waals surface area (Å²) in [5.41, 5.74) is 0.293. The number of hydrogen-bond acceptors (Lipinski definition) is 6. The van der Waals surface area contributed by atoms with E-state index in [0.29, 0.717) is 40.3 Å². The summed E-state index contributed by atoms with van der Waals surface area (Å²) in [6, 6.07) is 9.87. The van der Waals surface area contributed by atoms with Gasteiger partial charge in [-0.3, -0.25) is 14.0 Å². The van der Waals surface area contributed by atoms with Gasteiger partial charge in [0.2, 0.25) is 0 Å². The lowest BCUT2D eigenvalue weighted by Crippen LogP contribution is -2.43. The minimum absolute atomic E-state index is 0.0916. The van der Waals surface area contributed by atoms with Gasteiger partial charge in [-0.25, -0.2) is 8.42 Å². The zero-order chi connectivity index (χ0) is 23.5. The van der Waals surface area contributed by atoms with Crippen molar-refractivity contribution in [3.8, 4) is 0 Å². The highest BCUT2D eigenvalue weighted by molar-refractivity contribution is 7.99. The lowest BCUT2D eigenvalue weighted by Gasteiger charge is -2.33. The zero-order valence-corrected chi connectivity index (χ0v) is 21.4. The third-order valence-electron chi connectivity index (χ3n) is 5.20. The Morgan fingerprint density at radius 2 is 1.84 bits per heavy atom. The number of anilines is 1. The molecule has 0 amide bonds. The summed E-state index contributed by atoms with van der Waals surface area (Å²) in [7, 11) is -2.60. The van der Waals surface area contributed by atoms with Gasteiger partial charge in [0.05, 0.1) is 22.7 Å². The molecule has 174 valence electrons. The fraction of sp³-hybridized carbons (Fsp3) is 0.381. The van der Waals surface area contributed by atoms with Gasteiger partial charge in [0.1, 0.15) is 6.04 Å². The average Bonchev–Trinajstić information content (AvgIpc) is 3.23. The average molecular weight is 538 g/mol. The number of hydrogen-bond donors (Lipinski definition) is 0. The van der Waals surface area contributed by atoms with E-state index < -0.39 is 16.1 Å². The van der Waals surface area contributed by atoms with Crippen LogP contribution in [-0.2, 0) is 19.6 Å². The normalized spacial score (nSPS) is 17.8. The molecule has 32 heavy (non-hydrogen) atoms. The smallest absolute Gasteiger partial charge is 0.323 e. The molecule has 1 fully saturated rings. The molecule has 0 saturated carbocycles. The van der Waals surface area contributed by atoms with Crippen LogP contribution < -0.4 is 4.31 Å². The topological polar surface area (TPSA) is 66.9 Å². The fourth-order valence-corrected chi connectivity index (χ4v) is 6.97. The molecule has 0 bridgehead atoms. The van der Waals surface area contributed by atoms with Crippen LogP contribution in [0, 0.1) is 0 Å². The van der Waals surface area contributed by atoms with Crippen molar-refractivity contribution in [1.82, 2.24) is 4.90 Å². The molecule has 2 atom stereocenters. The summed E-state index contributed by atoms with van der Waals surface area (Å²) in [6.07, 6.45) is 0.462. The molecule has 0 aliphatic carbocycles. The number of esters is 1. The molecule has 1 saturated heterocycles. The van der Waals surface area contributed by atoms with Gasteiger partial charge in [-0.15, -0.1) is 11.8 Å². The molecule has 1 aliphatic rings. The Morgan fingerprint density at radius 1 is 1.19 bits per heavy atom. The van der Waals surface area contributed by atoms with Crippen LogP contribution in [0.2, 0.25) is 15.1 Å². The molecule has 2 aromatic rings. The quantitative estimate of drug-likeness (QED) is 0.433. The van der Waals surface area contributed by atoms with Gasteiger partial charge in [0.25, 0.3) is 10.0 Å². The number of sulfonamides is 1. The minimum Gasteiger partial charge on any atom is -0.468 e. The number of thioether (sulfide) groups is 1. The van der Waals surface area contributed by atoms with Crippen molar-refractivity contribution in [1.29, 1.82) is 0 Å². The van der Waals surface area contributed by atoms with E-state index in [-0.39, 0.29) is 21.9 Å². The van der Waals surface area contributed by atoms with Gasteiger partial charge >= 0.3 is 5.97 Å². The predicted molar refractivity (Wildman–Crippen MR) is 131 cm³/mol. The highest BCUT2D eigenvalue weighted by atomic mass is 35.5. The van der Waals surface area contributed by atoms with E-state index in [1.807, 2.05) is 4.90 Å². The number of ether oxygens (including phenoxy) is 1. The van der Waals surface area contributed by atoms with Crippen molar-refractivity contribution in [2.75, 3.05) is 29.6 Å². The Morgan fingerprint density at radius 3 is 2.50 bits per heavy atom. The number of benzene rings is 2. The lowest BCUT2D eigenvalue weighted by molar-refractivity contribution is -0.145. The standard InChI is InChI=1S/C21H23Cl3N2O4S2/c1-14(9-10-25-13-31-12-20(25)21(27)30-2)26(19-11-16(23)5-8-18(19)24)32(28,29)17-6-3-15(22)4-7-17/h3-8,11,14,20H,9-10,12-13H2,1-2H3. The van der Waals surface area contributed by atoms with Gasteiger partial charge in [-0.1, -0.05) is 34.8 Å². The summed E-state index contributed by atoms with van der Waals surface area (Å²) in [5, 5.41) is 1.07. The Balaban J connectivity index is 1.93. The zero-order valence-electron chi connectivity index (χ0n) is 17.5. The Labute approximate surface area is 207 Å². The first-order valence-corrected chi connectivity index (χ1v) is 13.5. The Hall–Kier alpha value is -1.16. The van der Waals surface area contributed by atoms with Crippen LogP contribution in [0.25, 0.3) is 0 Å². The second-order valence-corrected chi connectivity index (χ2v) is 11.4.